The van der Waals surface area contributed by atoms with E-state index in [0.717, 1.165) is 24.8 Å². The highest BCUT2D eigenvalue weighted by atomic mass is 16.4. The van der Waals surface area contributed by atoms with Gasteiger partial charge in [-0.1, -0.05) is 26.7 Å². The van der Waals surface area contributed by atoms with E-state index in [1.165, 1.54) is 25.7 Å². The first-order valence-corrected chi connectivity index (χ1v) is 7.07. The summed E-state index contributed by atoms with van der Waals surface area (Å²) in [5.74, 6) is 0.872. The van der Waals surface area contributed by atoms with E-state index in [0.29, 0.717) is 18.5 Å². The van der Waals surface area contributed by atoms with E-state index in [2.05, 4.69) is 18.7 Å². The van der Waals surface area contributed by atoms with Gasteiger partial charge in [0, 0.05) is 12.1 Å². The Morgan fingerprint density at radius 3 is 2.71 bits per heavy atom. The first kappa shape index (κ1) is 12.9. The monoisotopic (exact) mass is 239 g/mol. The molecular weight excluding hydrogens is 214 g/mol. The largest absolute Gasteiger partial charge is 0.481 e. The molecular formula is C14H25NO2. The van der Waals surface area contributed by atoms with Crippen molar-refractivity contribution in [1.82, 2.24) is 4.90 Å². The number of carbonyl (C=O) groups is 1. The fourth-order valence-corrected chi connectivity index (χ4v) is 3.74. The predicted octanol–water partition coefficient (Wildman–Crippen LogP) is 2.75. The van der Waals surface area contributed by atoms with Gasteiger partial charge in [-0.3, -0.25) is 9.69 Å². The lowest BCUT2D eigenvalue weighted by molar-refractivity contribution is -0.138. The zero-order valence-corrected chi connectivity index (χ0v) is 11.1. The molecule has 2 aliphatic rings. The third kappa shape index (κ3) is 2.82. The summed E-state index contributed by atoms with van der Waals surface area (Å²) in [7, 11) is 0. The molecule has 98 valence electrons. The second-order valence-corrected chi connectivity index (χ2v) is 5.97. The van der Waals surface area contributed by atoms with E-state index in [4.69, 9.17) is 5.11 Å². The van der Waals surface area contributed by atoms with Crippen molar-refractivity contribution in [2.75, 3.05) is 6.54 Å². The molecule has 0 amide bonds. The van der Waals surface area contributed by atoms with Gasteiger partial charge in [-0.25, -0.2) is 0 Å². The summed E-state index contributed by atoms with van der Waals surface area (Å²) < 4.78 is 0. The summed E-state index contributed by atoms with van der Waals surface area (Å²) in [6.45, 7) is 5.81. The van der Waals surface area contributed by atoms with E-state index in [1.807, 2.05) is 0 Å². The Labute approximate surface area is 104 Å². The number of hydrogen-bond donors (Lipinski definition) is 1. The molecule has 17 heavy (non-hydrogen) atoms. The molecule has 1 saturated heterocycles. The van der Waals surface area contributed by atoms with Crippen molar-refractivity contribution in [3.05, 3.63) is 0 Å². The normalized spacial score (nSPS) is 39.4. The molecule has 2 rings (SSSR count). The van der Waals surface area contributed by atoms with Crippen molar-refractivity contribution < 1.29 is 9.90 Å². The van der Waals surface area contributed by atoms with Gasteiger partial charge in [0.15, 0.2) is 0 Å². The fraction of sp³-hybridized carbons (Fsp3) is 0.929. The van der Waals surface area contributed by atoms with Crippen LogP contribution in [0.1, 0.15) is 52.4 Å². The molecule has 0 aromatic heterocycles. The Bertz CT molecular complexity index is 279. The zero-order valence-electron chi connectivity index (χ0n) is 11.1. The van der Waals surface area contributed by atoms with Crippen molar-refractivity contribution >= 4 is 5.97 Å². The topological polar surface area (TPSA) is 40.5 Å². The zero-order chi connectivity index (χ0) is 12.4. The molecule has 4 atom stereocenters. The highest BCUT2D eigenvalue weighted by Gasteiger charge is 2.37. The number of aliphatic carboxylic acids is 1. The lowest BCUT2D eigenvalue weighted by atomic mass is 9.77. The molecule has 0 radical (unpaired) electrons. The molecule has 1 heterocycles. The predicted molar refractivity (Wildman–Crippen MR) is 67.9 cm³/mol. The lowest BCUT2D eigenvalue weighted by Gasteiger charge is -2.42. The number of likely N-dealkylation sites (tertiary alicyclic amines) is 1. The Hall–Kier alpha value is -0.570. The molecule has 1 saturated carbocycles. The van der Waals surface area contributed by atoms with Crippen LogP contribution < -0.4 is 0 Å². The summed E-state index contributed by atoms with van der Waals surface area (Å²) in [6.07, 6.45) is 6.50. The van der Waals surface area contributed by atoms with Crippen LogP contribution >= 0.6 is 0 Å². The van der Waals surface area contributed by atoms with Crippen LogP contribution in [-0.4, -0.2) is 34.6 Å². The van der Waals surface area contributed by atoms with E-state index in [-0.39, 0.29) is 0 Å². The smallest absolute Gasteiger partial charge is 0.304 e. The van der Waals surface area contributed by atoms with Crippen molar-refractivity contribution in [2.45, 2.75) is 64.5 Å². The van der Waals surface area contributed by atoms with E-state index < -0.39 is 5.97 Å². The number of hydrogen-bond acceptors (Lipinski definition) is 2. The van der Waals surface area contributed by atoms with E-state index in [1.54, 1.807) is 0 Å². The average molecular weight is 239 g/mol. The number of nitrogens with zero attached hydrogens (tertiary/aromatic N) is 1. The van der Waals surface area contributed by atoms with Gasteiger partial charge in [0.05, 0.1) is 6.42 Å². The van der Waals surface area contributed by atoms with Gasteiger partial charge >= 0.3 is 5.97 Å². The number of carboxylic acids is 1. The standard InChI is InChI=1S/C14H25NO2/c1-10-5-3-7-13(11(10)2)15-8-4-6-12(15)9-14(16)17/h10-13H,3-9H2,1-2H3,(H,16,17). The Morgan fingerprint density at radius 2 is 2.00 bits per heavy atom. The van der Waals surface area contributed by atoms with Gasteiger partial charge in [-0.05, 0) is 37.6 Å². The van der Waals surface area contributed by atoms with Crippen LogP contribution in [0, 0.1) is 11.8 Å². The summed E-state index contributed by atoms with van der Waals surface area (Å²) in [5.41, 5.74) is 0. The van der Waals surface area contributed by atoms with Gasteiger partial charge in [-0.15, -0.1) is 0 Å². The van der Waals surface area contributed by atoms with Crippen molar-refractivity contribution in [2.24, 2.45) is 11.8 Å². The second kappa shape index (κ2) is 5.38. The minimum atomic E-state index is -0.640. The van der Waals surface area contributed by atoms with Gasteiger partial charge < -0.3 is 5.11 Å². The minimum absolute atomic E-state index is 0.297. The molecule has 1 N–H and O–H groups in total. The fourth-order valence-electron chi connectivity index (χ4n) is 3.74. The Balaban J connectivity index is 2.01. The summed E-state index contributed by atoms with van der Waals surface area (Å²) in [4.78, 5) is 13.4. The maximum Gasteiger partial charge on any atom is 0.304 e. The number of carboxylic acid groups (broad SMARTS) is 1. The van der Waals surface area contributed by atoms with Gasteiger partial charge in [0.2, 0.25) is 0 Å². The minimum Gasteiger partial charge on any atom is -0.481 e. The Morgan fingerprint density at radius 1 is 1.24 bits per heavy atom. The molecule has 2 fully saturated rings. The van der Waals surface area contributed by atoms with Crippen molar-refractivity contribution in [3.8, 4) is 0 Å². The van der Waals surface area contributed by atoms with Gasteiger partial charge in [-0.2, -0.15) is 0 Å². The molecule has 1 aliphatic heterocycles. The van der Waals surface area contributed by atoms with Crippen LogP contribution in [0.3, 0.4) is 0 Å². The molecule has 3 nitrogen and oxygen atoms in total. The molecule has 0 bridgehead atoms. The molecule has 1 aliphatic carbocycles. The maximum atomic E-state index is 10.9. The summed E-state index contributed by atoms with van der Waals surface area (Å²) in [5, 5.41) is 8.98. The molecule has 0 spiro atoms. The maximum absolute atomic E-state index is 10.9. The third-order valence-corrected chi connectivity index (χ3v) is 4.92. The molecule has 0 aromatic carbocycles. The summed E-state index contributed by atoms with van der Waals surface area (Å²) >= 11 is 0. The van der Waals surface area contributed by atoms with E-state index >= 15 is 0 Å². The van der Waals surface area contributed by atoms with Crippen LogP contribution in [0.15, 0.2) is 0 Å². The van der Waals surface area contributed by atoms with Crippen LogP contribution in [0.25, 0.3) is 0 Å². The SMILES string of the molecule is CC1CCCC(N2CCCC2CC(=O)O)C1C. The van der Waals surface area contributed by atoms with Crippen molar-refractivity contribution in [3.63, 3.8) is 0 Å². The van der Waals surface area contributed by atoms with E-state index in [9.17, 15) is 4.79 Å². The molecule has 3 heteroatoms. The van der Waals surface area contributed by atoms with Crippen molar-refractivity contribution in [1.29, 1.82) is 0 Å². The quantitative estimate of drug-likeness (QED) is 0.823. The summed E-state index contributed by atoms with van der Waals surface area (Å²) in [6, 6.07) is 0.927. The average Bonchev–Trinajstić information content (AvgIpc) is 2.69. The molecule has 0 aromatic rings. The van der Waals surface area contributed by atoms with Crippen LogP contribution in [0.4, 0.5) is 0 Å². The first-order valence-electron chi connectivity index (χ1n) is 7.07. The molecule has 4 unspecified atom stereocenters. The highest BCUT2D eigenvalue weighted by Crippen LogP contribution is 2.36. The van der Waals surface area contributed by atoms with Crippen LogP contribution in [0.2, 0.25) is 0 Å². The van der Waals surface area contributed by atoms with Crippen LogP contribution in [0.5, 0.6) is 0 Å². The highest BCUT2D eigenvalue weighted by molar-refractivity contribution is 5.67. The van der Waals surface area contributed by atoms with Gasteiger partial charge in [0.25, 0.3) is 0 Å². The Kier molecular flexibility index (Phi) is 4.08. The first-order chi connectivity index (χ1) is 8.09. The van der Waals surface area contributed by atoms with Gasteiger partial charge in [0.1, 0.15) is 0 Å². The number of rotatable bonds is 3. The third-order valence-electron chi connectivity index (χ3n) is 4.92. The van der Waals surface area contributed by atoms with Crippen LogP contribution in [-0.2, 0) is 4.79 Å². The lowest BCUT2D eigenvalue weighted by Crippen LogP contribution is -2.47. The second-order valence-electron chi connectivity index (χ2n) is 5.97.